The molecule has 0 atom stereocenters. The first-order chi connectivity index (χ1) is 9.27. The number of aromatic carboxylic acids is 1. The molecule has 19 heavy (non-hydrogen) atoms. The fraction of sp³-hybridized carbons (Fsp3) is 0. The van der Waals surface area contributed by atoms with Crippen LogP contribution in [0.1, 0.15) is 10.5 Å². The zero-order valence-electron chi connectivity index (χ0n) is 9.95. The van der Waals surface area contributed by atoms with Crippen LogP contribution in [-0.4, -0.2) is 21.3 Å². The highest BCUT2D eigenvalue weighted by Crippen LogP contribution is 2.27. The van der Waals surface area contributed by atoms with E-state index in [9.17, 15) is 4.79 Å². The van der Waals surface area contributed by atoms with Crippen molar-refractivity contribution in [3.63, 3.8) is 0 Å². The Morgan fingerprint density at radius 2 is 1.47 bits per heavy atom. The summed E-state index contributed by atoms with van der Waals surface area (Å²) in [6, 6.07) is 16.9. The number of aromatic nitrogens is 2. The number of nitrogens with zero attached hydrogens (tertiary/aromatic N) is 2. The highest BCUT2D eigenvalue weighted by Gasteiger charge is 2.14. The fourth-order valence-corrected chi connectivity index (χ4v) is 2.07. The van der Waals surface area contributed by atoms with Crippen LogP contribution >= 0.6 is 0 Å². The molecule has 0 fully saturated rings. The van der Waals surface area contributed by atoms with Gasteiger partial charge in [-0.25, -0.2) is 4.79 Å². The summed E-state index contributed by atoms with van der Waals surface area (Å²) in [6.45, 7) is 0. The van der Waals surface area contributed by atoms with Gasteiger partial charge in [0.2, 0.25) is 0 Å². The van der Waals surface area contributed by atoms with Crippen LogP contribution in [-0.2, 0) is 0 Å². The van der Waals surface area contributed by atoms with E-state index >= 15 is 0 Å². The smallest absolute Gasteiger partial charge is 0.357 e. The molecule has 0 aliphatic heterocycles. The van der Waals surface area contributed by atoms with Gasteiger partial charge in [0.05, 0.1) is 0 Å². The van der Waals surface area contributed by atoms with Crippen molar-refractivity contribution in [1.82, 2.24) is 10.2 Å². The van der Waals surface area contributed by atoms with Gasteiger partial charge in [-0.3, -0.25) is 0 Å². The zero-order chi connectivity index (χ0) is 13.2. The Kier molecular flexibility index (Phi) is 2.68. The molecule has 1 aromatic heterocycles. The van der Waals surface area contributed by atoms with E-state index in [1.807, 2.05) is 42.5 Å². The second-order valence-corrected chi connectivity index (χ2v) is 4.11. The molecule has 0 aliphatic carbocycles. The SMILES string of the molecule is O=C(O)c1nnc(-c2ccccc2)c2ccccc12. The molecule has 4 nitrogen and oxygen atoms in total. The van der Waals surface area contributed by atoms with E-state index in [1.54, 1.807) is 12.1 Å². The predicted molar refractivity (Wildman–Crippen MR) is 71.9 cm³/mol. The number of hydrogen-bond acceptors (Lipinski definition) is 3. The van der Waals surface area contributed by atoms with Gasteiger partial charge >= 0.3 is 5.97 Å². The van der Waals surface area contributed by atoms with Crippen LogP contribution in [0.3, 0.4) is 0 Å². The standard InChI is InChI=1S/C15H10N2O2/c18-15(19)14-12-9-5-4-8-11(12)13(16-17-14)10-6-2-1-3-7-10/h1-9H,(H,18,19). The number of rotatable bonds is 2. The lowest BCUT2D eigenvalue weighted by Gasteiger charge is -2.06. The van der Waals surface area contributed by atoms with E-state index in [4.69, 9.17) is 5.11 Å². The van der Waals surface area contributed by atoms with Gasteiger partial charge in [0, 0.05) is 16.3 Å². The number of hydrogen-bond donors (Lipinski definition) is 1. The lowest BCUT2D eigenvalue weighted by Crippen LogP contribution is -2.04. The van der Waals surface area contributed by atoms with Crippen LogP contribution < -0.4 is 0 Å². The van der Waals surface area contributed by atoms with Crippen molar-refractivity contribution in [3.8, 4) is 11.3 Å². The van der Waals surface area contributed by atoms with Crippen LogP contribution in [0.4, 0.5) is 0 Å². The van der Waals surface area contributed by atoms with E-state index in [2.05, 4.69) is 10.2 Å². The maximum atomic E-state index is 11.2. The summed E-state index contributed by atoms with van der Waals surface area (Å²) in [4.78, 5) is 11.2. The maximum absolute atomic E-state index is 11.2. The molecule has 0 aliphatic rings. The van der Waals surface area contributed by atoms with Crippen LogP contribution in [0, 0.1) is 0 Å². The van der Waals surface area contributed by atoms with Crippen LogP contribution in [0.5, 0.6) is 0 Å². The molecule has 0 saturated carbocycles. The Bertz CT molecular complexity index is 754. The molecule has 0 spiro atoms. The summed E-state index contributed by atoms with van der Waals surface area (Å²) in [5, 5.41) is 18.4. The average molecular weight is 250 g/mol. The van der Waals surface area contributed by atoms with E-state index in [0.717, 1.165) is 10.9 Å². The average Bonchev–Trinajstić information content (AvgIpc) is 2.47. The minimum atomic E-state index is -1.07. The first-order valence-electron chi connectivity index (χ1n) is 5.81. The van der Waals surface area contributed by atoms with Gasteiger partial charge in [-0.05, 0) is 0 Å². The third-order valence-corrected chi connectivity index (χ3v) is 2.94. The number of carboxylic acid groups (broad SMARTS) is 1. The van der Waals surface area contributed by atoms with Crippen LogP contribution in [0.15, 0.2) is 54.6 Å². The molecule has 3 aromatic rings. The Morgan fingerprint density at radius 1 is 0.842 bits per heavy atom. The minimum absolute atomic E-state index is 0.0183. The van der Waals surface area contributed by atoms with Gasteiger partial charge in [0.1, 0.15) is 5.69 Å². The lowest BCUT2D eigenvalue weighted by molar-refractivity contribution is 0.0691. The van der Waals surface area contributed by atoms with Crippen molar-refractivity contribution in [2.75, 3.05) is 0 Å². The summed E-state index contributed by atoms with van der Waals surface area (Å²) in [6.07, 6.45) is 0. The summed E-state index contributed by atoms with van der Waals surface area (Å²) >= 11 is 0. The molecule has 0 bridgehead atoms. The molecule has 0 saturated heterocycles. The number of carbonyl (C=O) groups is 1. The fourth-order valence-electron chi connectivity index (χ4n) is 2.07. The van der Waals surface area contributed by atoms with Crippen molar-refractivity contribution in [2.45, 2.75) is 0 Å². The van der Waals surface area contributed by atoms with Crippen LogP contribution in [0.2, 0.25) is 0 Å². The number of fused-ring (bicyclic) bond motifs is 1. The largest absolute Gasteiger partial charge is 0.476 e. The number of benzene rings is 2. The van der Waals surface area contributed by atoms with Crippen LogP contribution in [0.25, 0.3) is 22.0 Å². The van der Waals surface area contributed by atoms with Crippen molar-refractivity contribution in [3.05, 3.63) is 60.3 Å². The topological polar surface area (TPSA) is 63.1 Å². The molecule has 3 rings (SSSR count). The third kappa shape index (κ3) is 1.93. The van der Waals surface area contributed by atoms with E-state index in [-0.39, 0.29) is 5.69 Å². The second kappa shape index (κ2) is 4.49. The summed E-state index contributed by atoms with van der Waals surface area (Å²) in [5.74, 6) is -1.07. The molecular weight excluding hydrogens is 240 g/mol. The Morgan fingerprint density at radius 3 is 2.16 bits per heavy atom. The van der Waals surface area contributed by atoms with Gasteiger partial charge < -0.3 is 5.11 Å². The molecule has 0 radical (unpaired) electrons. The molecule has 0 amide bonds. The van der Waals surface area contributed by atoms with Crippen molar-refractivity contribution >= 4 is 16.7 Å². The summed E-state index contributed by atoms with van der Waals surface area (Å²) < 4.78 is 0. The minimum Gasteiger partial charge on any atom is -0.476 e. The Labute approximate surface area is 109 Å². The van der Waals surface area contributed by atoms with Gasteiger partial charge in [-0.15, -0.1) is 10.2 Å². The molecule has 1 heterocycles. The van der Waals surface area contributed by atoms with Crippen molar-refractivity contribution < 1.29 is 9.90 Å². The van der Waals surface area contributed by atoms with Gasteiger partial charge in [0.25, 0.3) is 0 Å². The highest BCUT2D eigenvalue weighted by atomic mass is 16.4. The Balaban J connectivity index is 2.35. The lowest BCUT2D eigenvalue weighted by atomic mass is 10.0. The van der Waals surface area contributed by atoms with E-state index < -0.39 is 5.97 Å². The van der Waals surface area contributed by atoms with Crippen molar-refractivity contribution in [2.24, 2.45) is 0 Å². The third-order valence-electron chi connectivity index (χ3n) is 2.94. The van der Waals surface area contributed by atoms with Crippen molar-refractivity contribution in [1.29, 1.82) is 0 Å². The summed E-state index contributed by atoms with van der Waals surface area (Å²) in [5.41, 5.74) is 1.60. The second-order valence-electron chi connectivity index (χ2n) is 4.11. The van der Waals surface area contributed by atoms with Gasteiger partial charge in [0.15, 0.2) is 5.69 Å². The predicted octanol–water partition coefficient (Wildman–Crippen LogP) is 3.00. The first kappa shape index (κ1) is 11.3. The molecule has 92 valence electrons. The quantitative estimate of drug-likeness (QED) is 0.759. The monoisotopic (exact) mass is 250 g/mol. The summed E-state index contributed by atoms with van der Waals surface area (Å²) in [7, 11) is 0. The van der Waals surface area contributed by atoms with E-state index in [0.29, 0.717) is 11.1 Å². The van der Waals surface area contributed by atoms with E-state index in [1.165, 1.54) is 0 Å². The molecule has 4 heteroatoms. The first-order valence-corrected chi connectivity index (χ1v) is 5.81. The molecular formula is C15H10N2O2. The maximum Gasteiger partial charge on any atom is 0.357 e. The molecule has 1 N–H and O–H groups in total. The normalized spacial score (nSPS) is 10.5. The Hall–Kier alpha value is -2.75. The van der Waals surface area contributed by atoms with Gasteiger partial charge in [-0.2, -0.15) is 0 Å². The zero-order valence-corrected chi connectivity index (χ0v) is 9.95. The number of carboxylic acids is 1. The molecule has 0 unspecified atom stereocenters. The van der Waals surface area contributed by atoms with Gasteiger partial charge in [-0.1, -0.05) is 54.6 Å². The highest BCUT2D eigenvalue weighted by molar-refractivity contribution is 6.05. The molecule has 2 aromatic carbocycles.